The molecule has 1 heterocycles. The predicted octanol–water partition coefficient (Wildman–Crippen LogP) is 1.74. The standard InChI is InChI=1S/C16H31N3O/c1-2-19-10-7-13(8-11-19)6-9-18-16(20)14-4-3-5-15(17)12-14/h13-15H,2-12,17H2,1H3,(H,18,20). The fraction of sp³-hybridized carbons (Fsp3) is 0.938. The number of amides is 1. The molecule has 4 nitrogen and oxygen atoms in total. The summed E-state index contributed by atoms with van der Waals surface area (Å²) in [4.78, 5) is 14.6. The molecule has 1 saturated carbocycles. The van der Waals surface area contributed by atoms with Crippen molar-refractivity contribution in [3.05, 3.63) is 0 Å². The van der Waals surface area contributed by atoms with Crippen molar-refractivity contribution in [1.29, 1.82) is 0 Å². The number of likely N-dealkylation sites (tertiary alicyclic amines) is 1. The number of nitrogens with two attached hydrogens (primary N) is 1. The van der Waals surface area contributed by atoms with Crippen LogP contribution in [0.15, 0.2) is 0 Å². The van der Waals surface area contributed by atoms with Gasteiger partial charge in [-0.15, -0.1) is 0 Å². The van der Waals surface area contributed by atoms with Crippen LogP contribution in [0.25, 0.3) is 0 Å². The van der Waals surface area contributed by atoms with Crippen LogP contribution < -0.4 is 11.1 Å². The molecule has 2 atom stereocenters. The van der Waals surface area contributed by atoms with E-state index in [1.54, 1.807) is 0 Å². The first kappa shape index (κ1) is 15.8. The van der Waals surface area contributed by atoms with Gasteiger partial charge in [0.05, 0.1) is 0 Å². The monoisotopic (exact) mass is 281 g/mol. The van der Waals surface area contributed by atoms with Crippen molar-refractivity contribution in [2.45, 2.75) is 57.9 Å². The van der Waals surface area contributed by atoms with Crippen molar-refractivity contribution in [3.8, 4) is 0 Å². The number of carbonyl (C=O) groups excluding carboxylic acids is 1. The van der Waals surface area contributed by atoms with Crippen LogP contribution in [-0.4, -0.2) is 43.0 Å². The molecule has 0 aromatic heterocycles. The lowest BCUT2D eigenvalue weighted by atomic mass is 9.85. The average Bonchev–Trinajstić information content (AvgIpc) is 2.48. The van der Waals surface area contributed by atoms with Gasteiger partial charge in [-0.1, -0.05) is 13.3 Å². The third-order valence-corrected chi connectivity index (χ3v) is 5.09. The largest absolute Gasteiger partial charge is 0.356 e. The summed E-state index contributed by atoms with van der Waals surface area (Å²) in [7, 11) is 0. The van der Waals surface area contributed by atoms with Gasteiger partial charge in [0.1, 0.15) is 0 Å². The molecule has 2 fully saturated rings. The van der Waals surface area contributed by atoms with Gasteiger partial charge in [-0.2, -0.15) is 0 Å². The normalized spacial score (nSPS) is 29.3. The average molecular weight is 281 g/mol. The van der Waals surface area contributed by atoms with Crippen molar-refractivity contribution in [1.82, 2.24) is 10.2 Å². The van der Waals surface area contributed by atoms with Gasteiger partial charge in [0.2, 0.25) is 5.91 Å². The van der Waals surface area contributed by atoms with Gasteiger partial charge in [-0.05, 0) is 64.1 Å². The first-order valence-electron chi connectivity index (χ1n) is 8.44. The number of piperidine rings is 1. The lowest BCUT2D eigenvalue weighted by Gasteiger charge is -2.31. The molecular weight excluding hydrogens is 250 g/mol. The van der Waals surface area contributed by atoms with E-state index in [0.29, 0.717) is 0 Å². The highest BCUT2D eigenvalue weighted by atomic mass is 16.1. The van der Waals surface area contributed by atoms with Crippen molar-refractivity contribution in [2.24, 2.45) is 17.6 Å². The van der Waals surface area contributed by atoms with E-state index < -0.39 is 0 Å². The Balaban J connectivity index is 1.60. The molecule has 2 rings (SSSR count). The van der Waals surface area contributed by atoms with Gasteiger partial charge in [-0.25, -0.2) is 0 Å². The number of hydrogen-bond donors (Lipinski definition) is 2. The van der Waals surface area contributed by atoms with E-state index in [9.17, 15) is 4.79 Å². The molecule has 2 unspecified atom stereocenters. The summed E-state index contributed by atoms with van der Waals surface area (Å²) < 4.78 is 0. The number of nitrogens with zero attached hydrogens (tertiary/aromatic N) is 1. The molecule has 1 amide bonds. The molecule has 20 heavy (non-hydrogen) atoms. The number of nitrogens with one attached hydrogen (secondary N) is 1. The maximum Gasteiger partial charge on any atom is 0.223 e. The highest BCUT2D eigenvalue weighted by molar-refractivity contribution is 5.78. The van der Waals surface area contributed by atoms with E-state index in [1.807, 2.05) is 0 Å². The van der Waals surface area contributed by atoms with Crippen LogP contribution in [0.1, 0.15) is 51.9 Å². The number of hydrogen-bond acceptors (Lipinski definition) is 3. The van der Waals surface area contributed by atoms with Crippen molar-refractivity contribution >= 4 is 5.91 Å². The van der Waals surface area contributed by atoms with Crippen LogP contribution in [0.2, 0.25) is 0 Å². The maximum absolute atomic E-state index is 12.1. The third kappa shape index (κ3) is 4.74. The Kier molecular flexibility index (Phi) is 6.30. The summed E-state index contributed by atoms with van der Waals surface area (Å²) in [5.41, 5.74) is 5.95. The minimum Gasteiger partial charge on any atom is -0.356 e. The van der Waals surface area contributed by atoms with E-state index in [2.05, 4.69) is 17.1 Å². The Morgan fingerprint density at radius 2 is 2.00 bits per heavy atom. The SMILES string of the molecule is CCN1CCC(CCNC(=O)C2CCCC(N)C2)CC1. The zero-order chi connectivity index (χ0) is 14.4. The highest BCUT2D eigenvalue weighted by Gasteiger charge is 2.25. The second-order valence-electron chi connectivity index (χ2n) is 6.58. The molecule has 0 aromatic carbocycles. The van der Waals surface area contributed by atoms with Crippen molar-refractivity contribution in [3.63, 3.8) is 0 Å². The Bertz CT molecular complexity index is 300. The van der Waals surface area contributed by atoms with Gasteiger partial charge in [0.25, 0.3) is 0 Å². The zero-order valence-electron chi connectivity index (χ0n) is 12.9. The van der Waals surface area contributed by atoms with Crippen molar-refractivity contribution in [2.75, 3.05) is 26.2 Å². The third-order valence-electron chi connectivity index (χ3n) is 5.09. The molecule has 1 aliphatic carbocycles. The molecule has 4 heteroatoms. The quantitative estimate of drug-likeness (QED) is 0.807. The topological polar surface area (TPSA) is 58.4 Å². The Morgan fingerprint density at radius 1 is 1.25 bits per heavy atom. The Morgan fingerprint density at radius 3 is 2.65 bits per heavy atom. The predicted molar refractivity (Wildman–Crippen MR) is 82.4 cm³/mol. The number of carbonyl (C=O) groups is 1. The van der Waals surface area contributed by atoms with Gasteiger partial charge < -0.3 is 16.0 Å². The van der Waals surface area contributed by atoms with Crippen LogP contribution in [0.4, 0.5) is 0 Å². The molecular formula is C16H31N3O. The summed E-state index contributed by atoms with van der Waals surface area (Å²) in [6, 6.07) is 0.234. The number of rotatable bonds is 5. The van der Waals surface area contributed by atoms with E-state index in [4.69, 9.17) is 5.73 Å². The lowest BCUT2D eigenvalue weighted by molar-refractivity contribution is -0.126. The van der Waals surface area contributed by atoms with Crippen LogP contribution >= 0.6 is 0 Å². The highest BCUT2D eigenvalue weighted by Crippen LogP contribution is 2.23. The van der Waals surface area contributed by atoms with Crippen LogP contribution in [-0.2, 0) is 4.79 Å². The smallest absolute Gasteiger partial charge is 0.223 e. The fourth-order valence-electron chi connectivity index (χ4n) is 3.60. The van der Waals surface area contributed by atoms with Crippen LogP contribution in [0.5, 0.6) is 0 Å². The lowest BCUT2D eigenvalue weighted by Crippen LogP contribution is -2.39. The van der Waals surface area contributed by atoms with Crippen LogP contribution in [0, 0.1) is 11.8 Å². The molecule has 3 N–H and O–H groups in total. The Hall–Kier alpha value is -0.610. The van der Waals surface area contributed by atoms with E-state index >= 15 is 0 Å². The van der Waals surface area contributed by atoms with Crippen molar-refractivity contribution < 1.29 is 4.79 Å². The second-order valence-corrected chi connectivity index (χ2v) is 6.58. The molecule has 0 bridgehead atoms. The molecule has 0 radical (unpaired) electrons. The zero-order valence-corrected chi connectivity index (χ0v) is 12.9. The maximum atomic E-state index is 12.1. The molecule has 116 valence electrons. The first-order chi connectivity index (χ1) is 9.69. The van der Waals surface area contributed by atoms with E-state index in [-0.39, 0.29) is 17.9 Å². The first-order valence-corrected chi connectivity index (χ1v) is 8.44. The summed E-state index contributed by atoms with van der Waals surface area (Å²) in [6.07, 6.45) is 7.81. The fourth-order valence-corrected chi connectivity index (χ4v) is 3.60. The van der Waals surface area contributed by atoms with E-state index in [0.717, 1.165) is 44.6 Å². The molecule has 0 aromatic rings. The molecule has 0 spiro atoms. The molecule has 1 saturated heterocycles. The summed E-state index contributed by atoms with van der Waals surface area (Å²) in [5.74, 6) is 1.21. The summed E-state index contributed by atoms with van der Waals surface area (Å²) in [6.45, 7) is 6.71. The van der Waals surface area contributed by atoms with Gasteiger partial charge >= 0.3 is 0 Å². The summed E-state index contributed by atoms with van der Waals surface area (Å²) in [5, 5.41) is 3.14. The van der Waals surface area contributed by atoms with Crippen LogP contribution in [0.3, 0.4) is 0 Å². The second kappa shape index (κ2) is 7.99. The minimum atomic E-state index is 0.167. The Labute approximate surface area is 123 Å². The van der Waals surface area contributed by atoms with Gasteiger partial charge in [-0.3, -0.25) is 4.79 Å². The minimum absolute atomic E-state index is 0.167. The summed E-state index contributed by atoms with van der Waals surface area (Å²) >= 11 is 0. The van der Waals surface area contributed by atoms with Gasteiger partial charge in [0, 0.05) is 18.5 Å². The molecule has 1 aliphatic heterocycles. The van der Waals surface area contributed by atoms with Gasteiger partial charge in [0.15, 0.2) is 0 Å². The van der Waals surface area contributed by atoms with E-state index in [1.165, 1.54) is 32.5 Å². The molecule has 2 aliphatic rings.